The van der Waals surface area contributed by atoms with Gasteiger partial charge in [0.1, 0.15) is 17.7 Å². The molecular formula is C13H15N3O6S2. The minimum Gasteiger partial charge on any atom is -0.478 e. The monoisotopic (exact) mass is 373 g/mol. The van der Waals surface area contributed by atoms with Crippen LogP contribution in [0.4, 0.5) is 0 Å². The van der Waals surface area contributed by atoms with E-state index in [0.717, 1.165) is 24.4 Å². The van der Waals surface area contributed by atoms with Gasteiger partial charge < -0.3 is 25.2 Å². The average Bonchev–Trinajstić information content (AvgIpc) is 2.93. The van der Waals surface area contributed by atoms with Crippen molar-refractivity contribution in [1.29, 1.82) is 5.26 Å². The molecule has 1 amide bonds. The number of nitrogens with zero attached hydrogens (tertiary/aromatic N) is 1. The molecule has 130 valence electrons. The molecule has 2 rings (SSSR count). The van der Waals surface area contributed by atoms with E-state index in [1.165, 1.54) is 11.8 Å². The summed E-state index contributed by atoms with van der Waals surface area (Å²) >= 11 is 2.25. The summed E-state index contributed by atoms with van der Waals surface area (Å²) in [6.07, 6.45) is 0. The number of nitriles is 1. The van der Waals surface area contributed by atoms with Crippen LogP contribution in [0, 0.1) is 11.3 Å². The number of carboxylic acids is 1. The normalized spacial score (nSPS) is 21.8. The number of hydrogen-bond acceptors (Lipinski definition) is 9. The summed E-state index contributed by atoms with van der Waals surface area (Å²) in [5.74, 6) is -2.13. The van der Waals surface area contributed by atoms with E-state index < -0.39 is 28.9 Å². The lowest BCUT2D eigenvalue weighted by molar-refractivity contribution is -0.170. The number of esters is 1. The third-order valence-corrected chi connectivity index (χ3v) is 5.47. The number of hydrogen-bond donors (Lipinski definition) is 3. The van der Waals surface area contributed by atoms with E-state index in [0.29, 0.717) is 5.75 Å². The van der Waals surface area contributed by atoms with Gasteiger partial charge in [-0.1, -0.05) is 0 Å². The van der Waals surface area contributed by atoms with Crippen molar-refractivity contribution in [2.45, 2.75) is 11.1 Å². The molecule has 0 radical (unpaired) electrons. The average molecular weight is 373 g/mol. The van der Waals surface area contributed by atoms with E-state index >= 15 is 0 Å². The molecule has 0 fully saturated rings. The highest BCUT2D eigenvalue weighted by Crippen LogP contribution is 2.33. The standard InChI is InChI=1S/C13H15N3O6S2/c1-21-13(12(19)20,16-8(17)6-23-3-2-14)11-15-9-7(5-24-11)4-22-10(9)18/h11,15H,3-6H2,1H3,(H,16,17)(H,19,20)/t11-,13-/m1/s1. The van der Waals surface area contributed by atoms with Gasteiger partial charge in [0.05, 0.1) is 17.6 Å². The Morgan fingerprint density at radius 3 is 3.04 bits per heavy atom. The van der Waals surface area contributed by atoms with Gasteiger partial charge in [-0.05, 0) is 0 Å². The van der Waals surface area contributed by atoms with E-state index in [4.69, 9.17) is 14.7 Å². The summed E-state index contributed by atoms with van der Waals surface area (Å²) in [5, 5.41) is 22.3. The SMILES string of the molecule is CO[C@@](NC(=O)CSCC#N)(C(=O)O)[C@@H]1NC2=C(COC2=O)CS1. The molecule has 2 aliphatic rings. The Kier molecular flexibility index (Phi) is 5.98. The maximum atomic E-state index is 12.0. The molecule has 0 saturated carbocycles. The lowest BCUT2D eigenvalue weighted by atomic mass is 10.1. The number of methoxy groups -OCH3 is 1. The number of nitrogens with one attached hydrogen (secondary N) is 2. The molecule has 2 atom stereocenters. The van der Waals surface area contributed by atoms with Gasteiger partial charge in [0.25, 0.3) is 5.72 Å². The predicted octanol–water partition coefficient (Wildman–Crippen LogP) is -0.740. The molecule has 9 nitrogen and oxygen atoms in total. The molecule has 0 saturated heterocycles. The van der Waals surface area contributed by atoms with E-state index in [2.05, 4.69) is 10.6 Å². The number of carbonyl (C=O) groups excluding carboxylic acids is 2. The highest BCUT2D eigenvalue weighted by atomic mass is 32.2. The first-order valence-electron chi connectivity index (χ1n) is 6.76. The first kappa shape index (κ1) is 18.4. The Labute approximate surface area is 146 Å². The molecule has 0 bridgehead atoms. The first-order valence-corrected chi connectivity index (χ1v) is 8.96. The number of ether oxygens (including phenoxy) is 2. The smallest absolute Gasteiger partial charge is 0.360 e. The Balaban J connectivity index is 2.16. The van der Waals surface area contributed by atoms with Crippen molar-refractivity contribution in [3.05, 3.63) is 11.3 Å². The zero-order valence-electron chi connectivity index (χ0n) is 12.7. The fourth-order valence-corrected chi connectivity index (χ4v) is 3.94. The number of aliphatic carboxylic acids is 1. The van der Waals surface area contributed by atoms with E-state index in [1.54, 1.807) is 0 Å². The van der Waals surface area contributed by atoms with Gasteiger partial charge in [-0.2, -0.15) is 5.26 Å². The number of rotatable bonds is 7. The Bertz CT molecular complexity index is 632. The minimum absolute atomic E-state index is 0.0840. The van der Waals surface area contributed by atoms with Crippen LogP contribution in [0.2, 0.25) is 0 Å². The van der Waals surface area contributed by atoms with Crippen molar-refractivity contribution in [3.8, 4) is 6.07 Å². The summed E-state index contributed by atoms with van der Waals surface area (Å²) in [5.41, 5.74) is -1.10. The molecule has 0 spiro atoms. The van der Waals surface area contributed by atoms with E-state index in [1.807, 2.05) is 6.07 Å². The zero-order valence-corrected chi connectivity index (χ0v) is 14.3. The highest BCUT2D eigenvalue weighted by molar-refractivity contribution is 8.00. The Morgan fingerprint density at radius 2 is 2.42 bits per heavy atom. The first-order chi connectivity index (χ1) is 11.4. The molecule has 0 unspecified atom stereocenters. The van der Waals surface area contributed by atoms with E-state index in [9.17, 15) is 19.5 Å². The van der Waals surface area contributed by atoms with Crippen LogP contribution in [0.25, 0.3) is 0 Å². The van der Waals surface area contributed by atoms with Crippen LogP contribution < -0.4 is 10.6 Å². The molecule has 0 aromatic rings. The number of cyclic esters (lactones) is 1. The van der Waals surface area contributed by atoms with Crippen LogP contribution in [0.1, 0.15) is 0 Å². The summed E-state index contributed by atoms with van der Waals surface area (Å²) in [6, 6.07) is 1.88. The summed E-state index contributed by atoms with van der Waals surface area (Å²) in [4.78, 5) is 35.5. The van der Waals surface area contributed by atoms with Crippen molar-refractivity contribution in [2.24, 2.45) is 0 Å². The number of amides is 1. The molecule has 0 aromatic carbocycles. The van der Waals surface area contributed by atoms with Crippen molar-refractivity contribution in [2.75, 3.05) is 31.0 Å². The second kappa shape index (κ2) is 7.78. The van der Waals surface area contributed by atoms with Crippen molar-refractivity contribution >= 4 is 41.4 Å². The zero-order chi connectivity index (χ0) is 17.7. The van der Waals surface area contributed by atoms with Crippen LogP contribution in [0.15, 0.2) is 11.3 Å². The van der Waals surface area contributed by atoms with Crippen molar-refractivity contribution in [3.63, 3.8) is 0 Å². The van der Waals surface area contributed by atoms with Crippen LogP contribution in [-0.4, -0.2) is 65.0 Å². The fourth-order valence-electron chi connectivity index (χ4n) is 2.20. The quantitative estimate of drug-likeness (QED) is 0.297. The predicted molar refractivity (Wildman–Crippen MR) is 85.8 cm³/mol. The summed E-state index contributed by atoms with van der Waals surface area (Å²) in [7, 11) is 1.16. The van der Waals surface area contributed by atoms with Gasteiger partial charge in [-0.25, -0.2) is 9.59 Å². The third kappa shape index (κ3) is 3.61. The van der Waals surface area contributed by atoms with Crippen molar-refractivity contribution in [1.82, 2.24) is 10.6 Å². The van der Waals surface area contributed by atoms with Crippen molar-refractivity contribution < 1.29 is 29.0 Å². The lowest BCUT2D eigenvalue weighted by Crippen LogP contribution is -2.67. The molecule has 3 N–H and O–H groups in total. The molecular weight excluding hydrogens is 358 g/mol. The number of carboxylic acid groups (broad SMARTS) is 1. The molecule has 11 heteroatoms. The van der Waals surface area contributed by atoms with Gasteiger partial charge in [-0.15, -0.1) is 23.5 Å². The minimum atomic E-state index is -2.06. The van der Waals surface area contributed by atoms with Gasteiger partial charge in [0, 0.05) is 18.4 Å². The van der Waals surface area contributed by atoms with Crippen LogP contribution in [-0.2, 0) is 23.9 Å². The second-order valence-electron chi connectivity index (χ2n) is 4.83. The molecule has 2 aliphatic heterocycles. The van der Waals surface area contributed by atoms with Gasteiger partial charge in [0.2, 0.25) is 5.91 Å². The number of thioether (sulfide) groups is 2. The summed E-state index contributed by atoms with van der Waals surface area (Å²) < 4.78 is 10.0. The fraction of sp³-hybridized carbons (Fsp3) is 0.538. The summed E-state index contributed by atoms with van der Waals surface area (Å²) in [6.45, 7) is 0.172. The maximum Gasteiger partial charge on any atom is 0.360 e. The van der Waals surface area contributed by atoms with E-state index in [-0.39, 0.29) is 23.8 Å². The lowest BCUT2D eigenvalue weighted by Gasteiger charge is -2.38. The van der Waals surface area contributed by atoms with Crippen LogP contribution in [0.5, 0.6) is 0 Å². The maximum absolute atomic E-state index is 12.0. The van der Waals surface area contributed by atoms with Crippen LogP contribution in [0.3, 0.4) is 0 Å². The highest BCUT2D eigenvalue weighted by Gasteiger charge is 2.51. The number of carbonyl (C=O) groups is 3. The van der Waals surface area contributed by atoms with Gasteiger partial charge in [-0.3, -0.25) is 4.79 Å². The second-order valence-corrected chi connectivity index (χ2v) is 6.91. The van der Waals surface area contributed by atoms with Crippen LogP contribution >= 0.6 is 23.5 Å². The molecule has 0 aliphatic carbocycles. The van der Waals surface area contributed by atoms with Gasteiger partial charge in [0.15, 0.2) is 0 Å². The largest absolute Gasteiger partial charge is 0.478 e. The topological polar surface area (TPSA) is 138 Å². The Hall–Kier alpha value is -1.90. The molecule has 24 heavy (non-hydrogen) atoms. The third-order valence-electron chi connectivity index (χ3n) is 3.37. The molecule has 2 heterocycles. The van der Waals surface area contributed by atoms with Gasteiger partial charge >= 0.3 is 11.9 Å². The Morgan fingerprint density at radius 1 is 1.67 bits per heavy atom. The molecule has 0 aromatic heterocycles.